The molecule has 0 aliphatic heterocycles. The normalized spacial score (nSPS) is 12.3. The number of hydrogen-bond donors (Lipinski definition) is 0. The van der Waals surface area contributed by atoms with Crippen molar-refractivity contribution in [3.05, 3.63) is 64.2 Å². The fourth-order valence-corrected chi connectivity index (χ4v) is 2.67. The van der Waals surface area contributed by atoms with E-state index in [1.54, 1.807) is 18.2 Å². The van der Waals surface area contributed by atoms with Crippen LogP contribution >= 0.6 is 27.5 Å². The Bertz CT molecular complexity index is 604. The van der Waals surface area contributed by atoms with Gasteiger partial charge >= 0.3 is 0 Å². The standard InChI is InChI=1S/C14H10BrClF2O/c1-19-13-5-2-8(16)6-11(13)14(15)10-7-9(17)3-4-12(10)18/h2-7,14H,1H3. The maximum atomic E-state index is 13.8. The van der Waals surface area contributed by atoms with Crippen LogP contribution in [0, 0.1) is 11.6 Å². The van der Waals surface area contributed by atoms with Gasteiger partial charge in [-0.2, -0.15) is 0 Å². The average Bonchev–Trinajstić information content (AvgIpc) is 2.40. The van der Waals surface area contributed by atoms with Crippen LogP contribution in [0.3, 0.4) is 0 Å². The SMILES string of the molecule is COc1ccc(Cl)cc1C(Br)c1cc(F)ccc1F. The minimum atomic E-state index is -0.545. The Morgan fingerprint density at radius 3 is 2.53 bits per heavy atom. The van der Waals surface area contributed by atoms with Crippen LogP contribution in [0.15, 0.2) is 36.4 Å². The van der Waals surface area contributed by atoms with Crippen molar-refractivity contribution in [2.45, 2.75) is 4.83 Å². The smallest absolute Gasteiger partial charge is 0.128 e. The molecule has 0 aliphatic carbocycles. The van der Waals surface area contributed by atoms with Crippen molar-refractivity contribution in [1.82, 2.24) is 0 Å². The highest BCUT2D eigenvalue weighted by molar-refractivity contribution is 9.09. The third-order valence-electron chi connectivity index (χ3n) is 2.70. The monoisotopic (exact) mass is 346 g/mol. The number of ether oxygens (including phenoxy) is 1. The van der Waals surface area contributed by atoms with Crippen molar-refractivity contribution < 1.29 is 13.5 Å². The summed E-state index contributed by atoms with van der Waals surface area (Å²) in [7, 11) is 1.51. The molecule has 0 saturated heterocycles. The van der Waals surface area contributed by atoms with Crippen molar-refractivity contribution in [3.63, 3.8) is 0 Å². The van der Waals surface area contributed by atoms with E-state index >= 15 is 0 Å². The summed E-state index contributed by atoms with van der Waals surface area (Å²) in [5.41, 5.74) is 0.833. The van der Waals surface area contributed by atoms with Crippen molar-refractivity contribution in [2.24, 2.45) is 0 Å². The van der Waals surface area contributed by atoms with E-state index in [1.165, 1.54) is 7.11 Å². The number of hydrogen-bond acceptors (Lipinski definition) is 1. The Labute approximate surface area is 123 Å². The first-order chi connectivity index (χ1) is 9.02. The van der Waals surface area contributed by atoms with Crippen LogP contribution < -0.4 is 4.74 Å². The third kappa shape index (κ3) is 3.07. The Kier molecular flexibility index (Phi) is 4.42. The Morgan fingerprint density at radius 1 is 1.11 bits per heavy atom. The molecule has 0 bridgehead atoms. The molecule has 2 rings (SSSR count). The van der Waals surface area contributed by atoms with Gasteiger partial charge in [0.15, 0.2) is 0 Å². The van der Waals surface area contributed by atoms with Crippen molar-refractivity contribution in [3.8, 4) is 5.75 Å². The minimum absolute atomic E-state index is 0.195. The maximum Gasteiger partial charge on any atom is 0.128 e. The van der Waals surface area contributed by atoms with E-state index in [2.05, 4.69) is 15.9 Å². The lowest BCUT2D eigenvalue weighted by Gasteiger charge is -2.15. The molecule has 19 heavy (non-hydrogen) atoms. The average molecular weight is 348 g/mol. The molecule has 1 unspecified atom stereocenters. The predicted molar refractivity (Wildman–Crippen MR) is 75.1 cm³/mol. The van der Waals surface area contributed by atoms with Crippen LogP contribution in [-0.2, 0) is 0 Å². The molecule has 0 amide bonds. The molecule has 0 saturated carbocycles. The molecule has 2 aromatic rings. The van der Waals surface area contributed by atoms with Gasteiger partial charge in [0.1, 0.15) is 17.4 Å². The summed E-state index contributed by atoms with van der Waals surface area (Å²) in [6, 6.07) is 8.33. The lowest BCUT2D eigenvalue weighted by Crippen LogP contribution is -2.00. The highest BCUT2D eigenvalue weighted by atomic mass is 79.9. The van der Waals surface area contributed by atoms with Gasteiger partial charge in [-0.15, -0.1) is 0 Å². The van der Waals surface area contributed by atoms with Crippen LogP contribution in [0.5, 0.6) is 5.75 Å². The molecule has 1 nitrogen and oxygen atoms in total. The van der Waals surface area contributed by atoms with E-state index in [9.17, 15) is 8.78 Å². The van der Waals surface area contributed by atoms with Gasteiger partial charge < -0.3 is 4.74 Å². The second-order valence-electron chi connectivity index (χ2n) is 3.91. The second kappa shape index (κ2) is 5.88. The van der Waals surface area contributed by atoms with Gasteiger partial charge in [-0.25, -0.2) is 8.78 Å². The fourth-order valence-electron chi connectivity index (χ4n) is 1.78. The highest BCUT2D eigenvalue weighted by Gasteiger charge is 2.19. The predicted octanol–water partition coefficient (Wildman–Crippen LogP) is 5.11. The van der Waals surface area contributed by atoms with E-state index < -0.39 is 16.5 Å². The Hall–Kier alpha value is -1.13. The molecule has 2 aromatic carbocycles. The lowest BCUT2D eigenvalue weighted by molar-refractivity contribution is 0.410. The van der Waals surface area contributed by atoms with E-state index in [-0.39, 0.29) is 5.56 Å². The zero-order valence-electron chi connectivity index (χ0n) is 9.96. The number of benzene rings is 2. The molecular weight excluding hydrogens is 338 g/mol. The summed E-state index contributed by atoms with van der Waals surface area (Å²) in [4.78, 5) is -0.545. The van der Waals surface area contributed by atoms with Gasteiger partial charge in [-0.05, 0) is 36.4 Å². The first kappa shape index (κ1) is 14.3. The number of alkyl halides is 1. The summed E-state index contributed by atoms with van der Waals surface area (Å²) >= 11 is 9.29. The molecule has 0 N–H and O–H groups in total. The number of methoxy groups -OCH3 is 1. The summed E-state index contributed by atoms with van der Waals surface area (Å²) in [6.07, 6.45) is 0. The molecule has 0 aromatic heterocycles. The molecule has 0 heterocycles. The molecule has 0 radical (unpaired) electrons. The third-order valence-corrected chi connectivity index (χ3v) is 3.92. The van der Waals surface area contributed by atoms with Gasteiger partial charge in [0.2, 0.25) is 0 Å². The lowest BCUT2D eigenvalue weighted by atomic mass is 10.0. The fraction of sp³-hybridized carbons (Fsp3) is 0.143. The number of halogens is 4. The van der Waals surface area contributed by atoms with Crippen molar-refractivity contribution >= 4 is 27.5 Å². The summed E-state index contributed by atoms with van der Waals surface area (Å²) < 4.78 is 32.2. The first-order valence-electron chi connectivity index (χ1n) is 5.45. The van der Waals surface area contributed by atoms with Gasteiger partial charge in [-0.1, -0.05) is 27.5 Å². The summed E-state index contributed by atoms with van der Waals surface area (Å²) in [5.74, 6) is -0.443. The quantitative estimate of drug-likeness (QED) is 0.701. The first-order valence-corrected chi connectivity index (χ1v) is 6.74. The van der Waals surface area contributed by atoms with Crippen LogP contribution in [0.25, 0.3) is 0 Å². The largest absolute Gasteiger partial charge is 0.496 e. The van der Waals surface area contributed by atoms with Gasteiger partial charge in [-0.3, -0.25) is 0 Å². The van der Waals surface area contributed by atoms with E-state index in [1.807, 2.05) is 0 Å². The van der Waals surface area contributed by atoms with Crippen molar-refractivity contribution in [1.29, 1.82) is 0 Å². The van der Waals surface area contributed by atoms with Crippen LogP contribution in [0.1, 0.15) is 16.0 Å². The van der Waals surface area contributed by atoms with E-state index in [0.717, 1.165) is 18.2 Å². The Morgan fingerprint density at radius 2 is 1.84 bits per heavy atom. The molecule has 0 aliphatic rings. The van der Waals surface area contributed by atoms with Crippen molar-refractivity contribution in [2.75, 3.05) is 7.11 Å². The van der Waals surface area contributed by atoms with E-state index in [4.69, 9.17) is 16.3 Å². The topological polar surface area (TPSA) is 9.23 Å². The zero-order chi connectivity index (χ0) is 14.0. The molecule has 0 fully saturated rings. The van der Waals surface area contributed by atoms with Crippen LogP contribution in [0.2, 0.25) is 5.02 Å². The van der Waals surface area contributed by atoms with Gasteiger partial charge in [0.05, 0.1) is 11.9 Å². The molecule has 100 valence electrons. The zero-order valence-corrected chi connectivity index (χ0v) is 12.3. The van der Waals surface area contributed by atoms with Gasteiger partial charge in [0.25, 0.3) is 0 Å². The molecule has 5 heteroatoms. The van der Waals surface area contributed by atoms with E-state index in [0.29, 0.717) is 16.3 Å². The summed E-state index contributed by atoms with van der Waals surface area (Å²) in [5, 5.41) is 0.497. The van der Waals surface area contributed by atoms with Crippen LogP contribution in [-0.4, -0.2) is 7.11 Å². The van der Waals surface area contributed by atoms with Gasteiger partial charge in [0, 0.05) is 16.1 Å². The van der Waals surface area contributed by atoms with Crippen LogP contribution in [0.4, 0.5) is 8.78 Å². The second-order valence-corrected chi connectivity index (χ2v) is 5.27. The minimum Gasteiger partial charge on any atom is -0.496 e. The molecular formula is C14H10BrClF2O. The Balaban J connectivity index is 2.51. The maximum absolute atomic E-state index is 13.8. The number of rotatable bonds is 3. The molecule has 0 spiro atoms. The summed E-state index contributed by atoms with van der Waals surface area (Å²) in [6.45, 7) is 0. The highest BCUT2D eigenvalue weighted by Crippen LogP contribution is 2.39. The molecule has 1 atom stereocenters.